The maximum Gasteiger partial charge on any atom is 0.303 e. The van der Waals surface area contributed by atoms with Gasteiger partial charge in [-0.05, 0) is 55.1 Å². The molecule has 4 aliphatic carbocycles. The van der Waals surface area contributed by atoms with E-state index in [0.717, 1.165) is 18.4 Å². The molecule has 7 heteroatoms. The number of aliphatic hydroxyl groups is 2. The van der Waals surface area contributed by atoms with Gasteiger partial charge in [0.1, 0.15) is 11.9 Å². The molecule has 170 valence electrons. The fraction of sp³-hybridized carbons (Fsp3) is 0.750. The number of carbonyl (C=O) groups is 2. The van der Waals surface area contributed by atoms with Gasteiger partial charge >= 0.3 is 5.97 Å². The topological polar surface area (TPSA) is 102 Å². The van der Waals surface area contributed by atoms with E-state index in [1.165, 1.54) is 6.92 Å². The van der Waals surface area contributed by atoms with Gasteiger partial charge in [0.05, 0.1) is 17.4 Å². The van der Waals surface area contributed by atoms with Crippen LogP contribution in [0.15, 0.2) is 24.7 Å². The minimum absolute atomic E-state index is 0.0621. The molecule has 0 aromatic rings. The molecule has 4 saturated carbocycles. The third-order valence-electron chi connectivity index (χ3n) is 9.31. The van der Waals surface area contributed by atoms with Crippen LogP contribution < -0.4 is 0 Å². The first-order chi connectivity index (χ1) is 14.4. The van der Waals surface area contributed by atoms with Crippen LogP contribution in [0.25, 0.3) is 0 Å². The predicted molar refractivity (Wildman–Crippen MR) is 109 cm³/mol. The third kappa shape index (κ3) is 2.26. The zero-order valence-corrected chi connectivity index (χ0v) is 18.5. The molecule has 2 heterocycles. The molecule has 0 aromatic heterocycles. The van der Waals surface area contributed by atoms with Crippen LogP contribution in [0, 0.1) is 34.0 Å². The molecule has 0 radical (unpaired) electrons. The van der Waals surface area contributed by atoms with Crippen molar-refractivity contribution in [2.24, 2.45) is 34.0 Å². The molecule has 0 unspecified atom stereocenters. The van der Waals surface area contributed by atoms with E-state index in [1.807, 2.05) is 0 Å². The molecule has 6 aliphatic rings. The number of ether oxygens (including phenoxy) is 3. The largest absolute Gasteiger partial charge is 0.481 e. The lowest BCUT2D eigenvalue weighted by molar-refractivity contribution is -0.446. The quantitative estimate of drug-likeness (QED) is 0.401. The van der Waals surface area contributed by atoms with Crippen LogP contribution in [0.3, 0.4) is 0 Å². The molecular formula is C24H32O7. The van der Waals surface area contributed by atoms with E-state index in [0.29, 0.717) is 19.3 Å². The van der Waals surface area contributed by atoms with Crippen LogP contribution in [0.1, 0.15) is 52.9 Å². The summed E-state index contributed by atoms with van der Waals surface area (Å²) in [5, 5.41) is 22.2. The molecule has 2 saturated heterocycles. The molecule has 0 aromatic carbocycles. The fourth-order valence-electron chi connectivity index (χ4n) is 8.37. The summed E-state index contributed by atoms with van der Waals surface area (Å²) in [6.45, 7) is 13.3. The monoisotopic (exact) mass is 432 g/mol. The Kier molecular flexibility index (Phi) is 4.16. The number of hydrogen-bond acceptors (Lipinski definition) is 7. The van der Waals surface area contributed by atoms with Gasteiger partial charge in [0.2, 0.25) is 5.79 Å². The van der Waals surface area contributed by atoms with E-state index in [9.17, 15) is 19.8 Å². The molecule has 6 fully saturated rings. The molecule has 0 amide bonds. The van der Waals surface area contributed by atoms with Crippen molar-refractivity contribution in [2.45, 2.75) is 70.9 Å². The van der Waals surface area contributed by atoms with E-state index in [1.54, 1.807) is 0 Å². The maximum absolute atomic E-state index is 13.7. The number of ketones is 1. The van der Waals surface area contributed by atoms with Crippen LogP contribution in [0.4, 0.5) is 0 Å². The van der Waals surface area contributed by atoms with Crippen molar-refractivity contribution in [3.05, 3.63) is 24.7 Å². The van der Waals surface area contributed by atoms with Gasteiger partial charge in [-0.15, -0.1) is 0 Å². The van der Waals surface area contributed by atoms with Gasteiger partial charge in [-0.25, -0.2) is 0 Å². The highest BCUT2D eigenvalue weighted by molar-refractivity contribution is 5.88. The molecule has 6 rings (SSSR count). The second-order valence-corrected chi connectivity index (χ2v) is 11.0. The second-order valence-electron chi connectivity index (χ2n) is 11.0. The smallest absolute Gasteiger partial charge is 0.303 e. The van der Waals surface area contributed by atoms with Crippen LogP contribution in [0.5, 0.6) is 0 Å². The van der Waals surface area contributed by atoms with Crippen LogP contribution in [0.2, 0.25) is 0 Å². The minimum atomic E-state index is -1.86. The number of fused-ring (bicyclic) bond motifs is 2. The second kappa shape index (κ2) is 6.13. The van der Waals surface area contributed by atoms with E-state index in [4.69, 9.17) is 14.2 Å². The molecule has 8 atom stereocenters. The summed E-state index contributed by atoms with van der Waals surface area (Å²) in [4.78, 5) is 25.9. The highest BCUT2D eigenvalue weighted by atomic mass is 16.7. The van der Waals surface area contributed by atoms with E-state index >= 15 is 0 Å². The summed E-state index contributed by atoms with van der Waals surface area (Å²) in [6, 6.07) is 0. The lowest BCUT2D eigenvalue weighted by atomic mass is 9.36. The Labute approximate surface area is 182 Å². The van der Waals surface area contributed by atoms with Gasteiger partial charge in [0.15, 0.2) is 6.10 Å². The van der Waals surface area contributed by atoms with Crippen LogP contribution >= 0.6 is 0 Å². The number of Topliss-reactive ketones (excluding diaryl/α,β-unsaturated/α-hetero) is 1. The zero-order chi connectivity index (χ0) is 22.6. The number of carbonyl (C=O) groups excluding carboxylic acids is 2. The van der Waals surface area contributed by atoms with Crippen molar-refractivity contribution < 1.29 is 34.0 Å². The fourth-order valence-corrected chi connectivity index (χ4v) is 8.37. The summed E-state index contributed by atoms with van der Waals surface area (Å²) in [5.41, 5.74) is -1.52. The Morgan fingerprint density at radius 3 is 2.61 bits per heavy atom. The molecular weight excluding hydrogens is 400 g/mol. The predicted octanol–water partition coefficient (Wildman–Crippen LogP) is 3.03. The van der Waals surface area contributed by atoms with Gasteiger partial charge in [-0.2, -0.15) is 0 Å². The number of aliphatic hydroxyl groups excluding tert-OH is 1. The lowest BCUT2D eigenvalue weighted by Crippen LogP contribution is -2.84. The van der Waals surface area contributed by atoms with Crippen molar-refractivity contribution in [3.63, 3.8) is 0 Å². The summed E-state index contributed by atoms with van der Waals surface area (Å²) in [5.74, 6) is -3.29. The van der Waals surface area contributed by atoms with Crippen LogP contribution in [-0.2, 0) is 23.8 Å². The SMILES string of the molecule is C=C(O)O[C@@H]1C(=C)[C@@H]2CC[C@H]3[C@@]45CO[C@](O)([C@@H](OC(C)=O)[C@@H]4C(C)(C)CCC5=O)[C@]13C2. The van der Waals surface area contributed by atoms with Crippen molar-refractivity contribution in [1.29, 1.82) is 0 Å². The Hall–Kier alpha value is -1.86. The Balaban J connectivity index is 1.78. The Morgan fingerprint density at radius 1 is 1.26 bits per heavy atom. The first kappa shape index (κ1) is 21.0. The first-order valence-electron chi connectivity index (χ1n) is 11.2. The van der Waals surface area contributed by atoms with Gasteiger partial charge < -0.3 is 24.4 Å². The molecule has 31 heavy (non-hydrogen) atoms. The minimum Gasteiger partial charge on any atom is -0.481 e. The van der Waals surface area contributed by atoms with Crippen LogP contribution in [-0.4, -0.2) is 46.6 Å². The summed E-state index contributed by atoms with van der Waals surface area (Å²) < 4.78 is 17.8. The van der Waals surface area contributed by atoms with Crippen molar-refractivity contribution in [3.8, 4) is 0 Å². The van der Waals surface area contributed by atoms with Gasteiger partial charge in [0.25, 0.3) is 5.95 Å². The van der Waals surface area contributed by atoms with E-state index in [2.05, 4.69) is 27.0 Å². The summed E-state index contributed by atoms with van der Waals surface area (Å²) in [6.07, 6.45) is 1.35. The average Bonchev–Trinajstić information content (AvgIpc) is 2.87. The Bertz CT molecular complexity index is 892. The van der Waals surface area contributed by atoms with Gasteiger partial charge in [-0.3, -0.25) is 9.59 Å². The zero-order valence-electron chi connectivity index (χ0n) is 18.5. The normalized spacial score (nSPS) is 49.2. The summed E-state index contributed by atoms with van der Waals surface area (Å²) in [7, 11) is 0. The first-order valence-corrected chi connectivity index (χ1v) is 11.2. The third-order valence-corrected chi connectivity index (χ3v) is 9.31. The molecule has 2 spiro atoms. The molecule has 7 nitrogen and oxygen atoms in total. The molecule has 2 aliphatic heterocycles. The number of esters is 1. The number of hydrogen-bond donors (Lipinski definition) is 2. The Morgan fingerprint density at radius 2 is 1.97 bits per heavy atom. The molecule has 4 bridgehead atoms. The van der Waals surface area contributed by atoms with Crippen molar-refractivity contribution in [2.75, 3.05) is 6.61 Å². The average molecular weight is 433 g/mol. The number of rotatable bonds is 3. The highest BCUT2D eigenvalue weighted by Gasteiger charge is 2.85. The van der Waals surface area contributed by atoms with Gasteiger partial charge in [0, 0.05) is 19.3 Å². The lowest BCUT2D eigenvalue weighted by Gasteiger charge is -2.73. The van der Waals surface area contributed by atoms with Crippen molar-refractivity contribution in [1.82, 2.24) is 0 Å². The standard InChI is InChI=1S/C24H32O7/c1-12-15-6-7-16-22-11-29-24(28,23(16,10-15)19(12)30-13(2)25)20(31-14(3)26)18(22)21(4,5)9-8-17(22)27/h15-16,18-20,25,28H,1-2,6-11H2,3-5H3/t15-,16+,18-,19-,20+,22-,23+,24-/m1/s1. The highest BCUT2D eigenvalue weighted by Crippen LogP contribution is 2.77. The van der Waals surface area contributed by atoms with E-state index in [-0.39, 0.29) is 35.6 Å². The summed E-state index contributed by atoms with van der Waals surface area (Å²) >= 11 is 0. The van der Waals surface area contributed by atoms with E-state index < -0.39 is 40.7 Å². The van der Waals surface area contributed by atoms with Gasteiger partial charge in [-0.1, -0.05) is 20.4 Å². The van der Waals surface area contributed by atoms with Crippen molar-refractivity contribution >= 4 is 11.8 Å². The molecule has 2 N–H and O–H groups in total. The maximum atomic E-state index is 13.7.